The molecule has 6 nitrogen and oxygen atoms in total. The van der Waals surface area contributed by atoms with E-state index in [-0.39, 0.29) is 16.5 Å². The fourth-order valence-corrected chi connectivity index (χ4v) is 4.77. The van der Waals surface area contributed by atoms with E-state index in [9.17, 15) is 27.6 Å². The molecule has 0 spiro atoms. The lowest BCUT2D eigenvalue weighted by molar-refractivity contribution is -0.137. The molecular formula is C20H18ClF3N2O4S. The molecule has 2 N–H and O–H groups in total. The van der Waals surface area contributed by atoms with Crippen LogP contribution in [0, 0.1) is 0 Å². The van der Waals surface area contributed by atoms with Crippen LogP contribution in [0.2, 0.25) is 5.02 Å². The lowest BCUT2D eigenvalue weighted by Crippen LogP contribution is -2.23. The van der Waals surface area contributed by atoms with E-state index in [1.165, 1.54) is 24.3 Å². The highest BCUT2D eigenvalue weighted by Crippen LogP contribution is 2.39. The summed E-state index contributed by atoms with van der Waals surface area (Å²) in [5.41, 5.74) is -0.628. The molecule has 0 radical (unpaired) electrons. The third kappa shape index (κ3) is 5.56. The molecule has 0 bridgehead atoms. The van der Waals surface area contributed by atoms with Gasteiger partial charge < -0.3 is 15.4 Å². The van der Waals surface area contributed by atoms with Crippen molar-refractivity contribution in [1.82, 2.24) is 0 Å². The maximum Gasteiger partial charge on any atom is 0.418 e. The maximum absolute atomic E-state index is 13.2. The Kier molecular flexibility index (Phi) is 6.90. The van der Waals surface area contributed by atoms with E-state index in [2.05, 4.69) is 10.6 Å². The molecule has 11 heteroatoms. The Hall–Kier alpha value is -2.59. The number of ether oxygens (including phenoxy) is 1. The molecule has 166 valence electrons. The van der Waals surface area contributed by atoms with Gasteiger partial charge in [0.2, 0.25) is 5.91 Å². The molecule has 2 aromatic rings. The molecule has 1 aliphatic carbocycles. The summed E-state index contributed by atoms with van der Waals surface area (Å²) in [7, 11) is 0. The normalized spacial score (nSPS) is 13.3. The summed E-state index contributed by atoms with van der Waals surface area (Å²) in [4.78, 5) is 37.3. The van der Waals surface area contributed by atoms with Crippen LogP contribution >= 0.6 is 22.9 Å². The average Bonchev–Trinajstić information content (AvgIpc) is 3.03. The predicted molar refractivity (Wildman–Crippen MR) is 111 cm³/mol. The molecule has 0 aliphatic heterocycles. The van der Waals surface area contributed by atoms with Crippen LogP contribution in [0.1, 0.15) is 46.1 Å². The van der Waals surface area contributed by atoms with E-state index in [0.717, 1.165) is 35.8 Å². The molecular weight excluding hydrogens is 457 g/mol. The molecule has 1 heterocycles. The van der Waals surface area contributed by atoms with Crippen molar-refractivity contribution in [2.75, 3.05) is 17.2 Å². The topological polar surface area (TPSA) is 84.5 Å². The number of alkyl halides is 3. The highest BCUT2D eigenvalue weighted by atomic mass is 35.5. The van der Waals surface area contributed by atoms with Crippen molar-refractivity contribution in [3.63, 3.8) is 0 Å². The molecule has 0 saturated carbocycles. The number of esters is 1. The number of carbonyl (C=O) groups is 3. The number of fused-ring (bicyclic) bond motifs is 1. The van der Waals surface area contributed by atoms with Gasteiger partial charge in [-0.3, -0.25) is 9.59 Å². The van der Waals surface area contributed by atoms with E-state index in [1.54, 1.807) is 0 Å². The second-order valence-electron chi connectivity index (χ2n) is 6.91. The van der Waals surface area contributed by atoms with Gasteiger partial charge in [-0.2, -0.15) is 13.2 Å². The summed E-state index contributed by atoms with van der Waals surface area (Å²) < 4.78 is 44.5. The Labute approximate surface area is 184 Å². The Morgan fingerprint density at radius 1 is 1.16 bits per heavy atom. The number of halogens is 4. The second-order valence-corrected chi connectivity index (χ2v) is 8.45. The summed E-state index contributed by atoms with van der Waals surface area (Å²) in [6, 6.07) is 2.92. The van der Waals surface area contributed by atoms with E-state index in [1.807, 2.05) is 0 Å². The highest BCUT2D eigenvalue weighted by Gasteiger charge is 2.34. The lowest BCUT2D eigenvalue weighted by Gasteiger charge is -2.15. The first-order valence-corrected chi connectivity index (χ1v) is 10.5. The van der Waals surface area contributed by atoms with Gasteiger partial charge in [0.25, 0.3) is 5.91 Å². The predicted octanol–water partition coefficient (Wildman–Crippen LogP) is 5.05. The molecule has 0 unspecified atom stereocenters. The number of rotatable bonds is 5. The number of hydrogen-bond acceptors (Lipinski definition) is 5. The van der Waals surface area contributed by atoms with Gasteiger partial charge in [-0.05, 0) is 49.4 Å². The molecule has 0 saturated heterocycles. The van der Waals surface area contributed by atoms with Gasteiger partial charge >= 0.3 is 12.1 Å². The summed E-state index contributed by atoms with van der Waals surface area (Å²) in [5, 5.41) is 4.92. The molecule has 0 fully saturated rings. The number of amides is 2. The fourth-order valence-electron chi connectivity index (χ4n) is 3.28. The van der Waals surface area contributed by atoms with E-state index in [0.29, 0.717) is 17.5 Å². The van der Waals surface area contributed by atoms with Gasteiger partial charge in [-0.25, -0.2) is 4.79 Å². The van der Waals surface area contributed by atoms with Gasteiger partial charge in [0.15, 0.2) is 6.61 Å². The second kappa shape index (κ2) is 9.27. The van der Waals surface area contributed by atoms with Crippen LogP contribution in [0.4, 0.5) is 23.9 Å². The minimum atomic E-state index is -4.73. The number of anilines is 2. The van der Waals surface area contributed by atoms with Crippen LogP contribution < -0.4 is 10.6 Å². The maximum atomic E-state index is 13.2. The number of hydrogen-bond donors (Lipinski definition) is 2. The van der Waals surface area contributed by atoms with Crippen molar-refractivity contribution in [3.05, 3.63) is 44.8 Å². The standard InChI is InChI=1S/C20H18ClF3N2O4S/c1-10(27)25-18-17(12-4-2-3-5-15(12)31-18)19(29)30-9-16(28)26-14-7-6-11(21)8-13(14)20(22,23)24/h6-8H,2-5,9H2,1H3,(H,25,27)(H,26,28). The zero-order chi connectivity index (χ0) is 22.8. The number of carbonyl (C=O) groups excluding carboxylic acids is 3. The molecule has 1 aliphatic rings. The summed E-state index contributed by atoms with van der Waals surface area (Å²) in [6.45, 7) is 0.522. The number of benzene rings is 1. The number of aryl methyl sites for hydroxylation is 1. The monoisotopic (exact) mass is 474 g/mol. The molecule has 1 aromatic heterocycles. The van der Waals surface area contributed by atoms with Crippen molar-refractivity contribution < 1.29 is 32.3 Å². The summed E-state index contributed by atoms with van der Waals surface area (Å²) >= 11 is 6.91. The Balaban J connectivity index is 1.73. The van der Waals surface area contributed by atoms with Crippen LogP contribution in [-0.4, -0.2) is 24.4 Å². The number of nitrogens with one attached hydrogen (secondary N) is 2. The Morgan fingerprint density at radius 3 is 2.55 bits per heavy atom. The van der Waals surface area contributed by atoms with E-state index < -0.39 is 35.9 Å². The number of thiophene rings is 1. The zero-order valence-corrected chi connectivity index (χ0v) is 17.9. The van der Waals surface area contributed by atoms with Gasteiger partial charge in [0.1, 0.15) is 5.00 Å². The van der Waals surface area contributed by atoms with Crippen LogP contribution in [0.3, 0.4) is 0 Å². The van der Waals surface area contributed by atoms with Gasteiger partial charge in [0, 0.05) is 16.8 Å². The molecule has 1 aromatic carbocycles. The SMILES string of the molecule is CC(=O)Nc1sc2c(c1C(=O)OCC(=O)Nc1ccc(Cl)cc1C(F)(F)F)CCCC2. The minimum absolute atomic E-state index is 0.135. The van der Waals surface area contributed by atoms with Gasteiger partial charge in [0.05, 0.1) is 16.8 Å². The molecule has 0 atom stereocenters. The minimum Gasteiger partial charge on any atom is -0.452 e. The first-order chi connectivity index (χ1) is 14.6. The van der Waals surface area contributed by atoms with Crippen LogP contribution in [0.15, 0.2) is 18.2 Å². The van der Waals surface area contributed by atoms with Gasteiger partial charge in [-0.15, -0.1) is 11.3 Å². The van der Waals surface area contributed by atoms with Crippen molar-refractivity contribution in [2.45, 2.75) is 38.8 Å². The largest absolute Gasteiger partial charge is 0.452 e. The third-order valence-electron chi connectivity index (χ3n) is 4.56. The van der Waals surface area contributed by atoms with Crippen LogP contribution in [-0.2, 0) is 33.3 Å². The van der Waals surface area contributed by atoms with Crippen molar-refractivity contribution in [2.24, 2.45) is 0 Å². The molecule has 2 amide bonds. The average molecular weight is 475 g/mol. The molecule has 3 rings (SSSR count). The van der Waals surface area contributed by atoms with Crippen molar-refractivity contribution >= 4 is 51.4 Å². The van der Waals surface area contributed by atoms with Crippen molar-refractivity contribution in [3.8, 4) is 0 Å². The quantitative estimate of drug-likeness (QED) is 0.594. The first-order valence-electron chi connectivity index (χ1n) is 9.32. The Bertz CT molecular complexity index is 1040. The lowest BCUT2D eigenvalue weighted by atomic mass is 9.95. The van der Waals surface area contributed by atoms with Crippen molar-refractivity contribution in [1.29, 1.82) is 0 Å². The third-order valence-corrected chi connectivity index (χ3v) is 6.00. The summed E-state index contributed by atoms with van der Waals surface area (Å²) in [5.74, 6) is -2.11. The summed E-state index contributed by atoms with van der Waals surface area (Å²) in [6.07, 6.45) is -1.47. The first kappa shape index (κ1) is 23.1. The zero-order valence-electron chi connectivity index (χ0n) is 16.3. The Morgan fingerprint density at radius 2 is 1.87 bits per heavy atom. The smallest absolute Gasteiger partial charge is 0.418 e. The highest BCUT2D eigenvalue weighted by molar-refractivity contribution is 7.17. The fraction of sp³-hybridized carbons (Fsp3) is 0.350. The van der Waals surface area contributed by atoms with E-state index in [4.69, 9.17) is 16.3 Å². The van der Waals surface area contributed by atoms with Crippen LogP contribution in [0.5, 0.6) is 0 Å². The molecule has 31 heavy (non-hydrogen) atoms. The van der Waals surface area contributed by atoms with Gasteiger partial charge in [-0.1, -0.05) is 11.6 Å². The van der Waals surface area contributed by atoms with Crippen LogP contribution in [0.25, 0.3) is 0 Å². The van der Waals surface area contributed by atoms with E-state index >= 15 is 0 Å².